The summed E-state index contributed by atoms with van der Waals surface area (Å²) < 4.78 is 0. The van der Waals surface area contributed by atoms with Gasteiger partial charge in [-0.3, -0.25) is 14.5 Å². The predicted octanol–water partition coefficient (Wildman–Crippen LogP) is 4.93. The summed E-state index contributed by atoms with van der Waals surface area (Å²) in [5, 5.41) is 5.39. The van der Waals surface area contributed by atoms with E-state index in [0.29, 0.717) is 17.9 Å². The first-order valence-corrected chi connectivity index (χ1v) is 13.2. The number of amides is 4. The monoisotopic (exact) mass is 502 g/mol. The number of thioether (sulfide) groups is 1. The predicted molar refractivity (Wildman–Crippen MR) is 146 cm³/mol. The first kappa shape index (κ1) is 25.3. The van der Waals surface area contributed by atoms with Gasteiger partial charge >= 0.3 is 6.03 Å². The number of urea groups is 1. The van der Waals surface area contributed by atoms with E-state index in [0.717, 1.165) is 29.0 Å². The third kappa shape index (κ3) is 5.88. The van der Waals surface area contributed by atoms with Crippen LogP contribution in [0.2, 0.25) is 0 Å². The van der Waals surface area contributed by atoms with Gasteiger partial charge in [-0.15, -0.1) is 11.8 Å². The van der Waals surface area contributed by atoms with E-state index in [1.807, 2.05) is 66.9 Å². The molecular formula is C28H30N4O3S. The number of nitrogens with zero attached hydrogens (tertiary/aromatic N) is 2. The van der Waals surface area contributed by atoms with E-state index >= 15 is 0 Å². The van der Waals surface area contributed by atoms with Crippen LogP contribution in [0.25, 0.3) is 0 Å². The lowest BCUT2D eigenvalue weighted by Crippen LogP contribution is -2.53. The molecule has 0 radical (unpaired) electrons. The lowest BCUT2D eigenvalue weighted by molar-refractivity contribution is -0.124. The molecule has 1 atom stereocenters. The Morgan fingerprint density at radius 3 is 2.53 bits per heavy atom. The van der Waals surface area contributed by atoms with Gasteiger partial charge in [0.2, 0.25) is 11.8 Å². The molecule has 4 amide bonds. The molecule has 0 aliphatic carbocycles. The van der Waals surface area contributed by atoms with Gasteiger partial charge < -0.3 is 15.5 Å². The Morgan fingerprint density at radius 1 is 1.00 bits per heavy atom. The quantitative estimate of drug-likeness (QED) is 0.449. The van der Waals surface area contributed by atoms with Crippen molar-refractivity contribution in [3.8, 4) is 0 Å². The third-order valence-electron chi connectivity index (χ3n) is 6.15. The fraction of sp³-hybridized carbons (Fsp3) is 0.250. The second-order valence-corrected chi connectivity index (χ2v) is 9.42. The van der Waals surface area contributed by atoms with Gasteiger partial charge in [0.1, 0.15) is 6.04 Å². The lowest BCUT2D eigenvalue weighted by Gasteiger charge is -2.35. The van der Waals surface area contributed by atoms with Crippen molar-refractivity contribution in [1.29, 1.82) is 0 Å². The second kappa shape index (κ2) is 11.8. The first-order valence-electron chi connectivity index (χ1n) is 11.9. The summed E-state index contributed by atoms with van der Waals surface area (Å²) >= 11 is 1.57. The molecule has 3 aromatic rings. The molecule has 1 aliphatic rings. The van der Waals surface area contributed by atoms with Crippen LogP contribution < -0.4 is 20.4 Å². The zero-order valence-corrected chi connectivity index (χ0v) is 21.3. The Kier molecular flexibility index (Phi) is 8.28. The van der Waals surface area contributed by atoms with Crippen molar-refractivity contribution in [2.75, 3.05) is 34.5 Å². The number of nitrogens with one attached hydrogen (secondary N) is 2. The highest BCUT2D eigenvalue weighted by atomic mass is 32.2. The number of fused-ring (bicyclic) bond motifs is 1. The zero-order chi connectivity index (χ0) is 25.5. The van der Waals surface area contributed by atoms with Gasteiger partial charge in [0.15, 0.2) is 0 Å². The topological polar surface area (TPSA) is 81.8 Å². The van der Waals surface area contributed by atoms with Crippen molar-refractivity contribution in [2.24, 2.45) is 0 Å². The van der Waals surface area contributed by atoms with E-state index in [-0.39, 0.29) is 18.4 Å². The van der Waals surface area contributed by atoms with Crippen molar-refractivity contribution >= 4 is 46.7 Å². The Labute approximate surface area is 215 Å². The Bertz CT molecular complexity index is 1230. The average Bonchev–Trinajstić information content (AvgIpc) is 2.92. The summed E-state index contributed by atoms with van der Waals surface area (Å²) in [5.74, 6) is -0.530. The van der Waals surface area contributed by atoms with E-state index in [1.165, 1.54) is 4.90 Å². The SMILES string of the molecule is CSc1cccc(NC(=O)NCC(=O)N(c2ccccc2)C(C)C(=O)N2CCCc3ccccc32)c1. The highest BCUT2D eigenvalue weighted by Gasteiger charge is 2.33. The van der Waals surface area contributed by atoms with Gasteiger partial charge in [0, 0.05) is 28.5 Å². The minimum atomic E-state index is -0.755. The highest BCUT2D eigenvalue weighted by Crippen LogP contribution is 2.29. The van der Waals surface area contributed by atoms with Crippen LogP contribution in [0.1, 0.15) is 18.9 Å². The highest BCUT2D eigenvalue weighted by molar-refractivity contribution is 7.98. The van der Waals surface area contributed by atoms with Crippen LogP contribution in [-0.2, 0) is 16.0 Å². The molecular weight excluding hydrogens is 472 g/mol. The van der Waals surface area contributed by atoms with Gasteiger partial charge in [-0.1, -0.05) is 42.5 Å². The Morgan fingerprint density at radius 2 is 1.75 bits per heavy atom. The molecule has 0 bridgehead atoms. The average molecular weight is 503 g/mol. The van der Waals surface area contributed by atoms with Gasteiger partial charge in [0.05, 0.1) is 6.54 Å². The molecule has 0 saturated carbocycles. The zero-order valence-electron chi connectivity index (χ0n) is 20.4. The molecule has 36 heavy (non-hydrogen) atoms. The van der Waals surface area contributed by atoms with Crippen molar-refractivity contribution in [3.05, 3.63) is 84.4 Å². The number of hydrogen-bond acceptors (Lipinski definition) is 4. The number of para-hydroxylation sites is 2. The Balaban J connectivity index is 1.48. The fourth-order valence-electron chi connectivity index (χ4n) is 4.39. The minimum Gasteiger partial charge on any atom is -0.329 e. The van der Waals surface area contributed by atoms with Gasteiger partial charge in [0.25, 0.3) is 0 Å². The molecule has 1 unspecified atom stereocenters. The number of carbonyl (C=O) groups is 3. The number of anilines is 3. The number of hydrogen-bond donors (Lipinski definition) is 2. The number of carbonyl (C=O) groups excluding carboxylic acids is 3. The normalized spacial score (nSPS) is 13.3. The van der Waals surface area contributed by atoms with Crippen LogP contribution >= 0.6 is 11.8 Å². The van der Waals surface area contributed by atoms with E-state index in [9.17, 15) is 14.4 Å². The number of benzene rings is 3. The molecule has 2 N–H and O–H groups in total. The summed E-state index contributed by atoms with van der Waals surface area (Å²) in [6, 6.07) is 23.2. The van der Waals surface area contributed by atoms with E-state index < -0.39 is 12.1 Å². The van der Waals surface area contributed by atoms with Crippen LogP contribution in [0, 0.1) is 0 Å². The second-order valence-electron chi connectivity index (χ2n) is 8.54. The van der Waals surface area contributed by atoms with E-state index in [1.54, 1.807) is 41.8 Å². The summed E-state index contributed by atoms with van der Waals surface area (Å²) in [7, 11) is 0. The van der Waals surface area contributed by atoms with E-state index in [2.05, 4.69) is 10.6 Å². The molecule has 3 aromatic carbocycles. The van der Waals surface area contributed by atoms with Crippen molar-refractivity contribution in [1.82, 2.24) is 5.32 Å². The summed E-state index contributed by atoms with van der Waals surface area (Å²) in [6.45, 7) is 2.09. The molecule has 0 aromatic heterocycles. The largest absolute Gasteiger partial charge is 0.329 e. The van der Waals surface area contributed by atoms with Crippen LogP contribution in [0.4, 0.5) is 21.9 Å². The summed E-state index contributed by atoms with van der Waals surface area (Å²) in [5.41, 5.74) is 3.26. The van der Waals surface area contributed by atoms with Gasteiger partial charge in [-0.2, -0.15) is 0 Å². The smallest absolute Gasteiger partial charge is 0.319 e. The Hall–Kier alpha value is -3.78. The van der Waals surface area contributed by atoms with Crippen molar-refractivity contribution in [3.63, 3.8) is 0 Å². The maximum Gasteiger partial charge on any atom is 0.319 e. The fourth-order valence-corrected chi connectivity index (χ4v) is 4.85. The van der Waals surface area contributed by atoms with Gasteiger partial charge in [-0.05, 0) is 68.0 Å². The van der Waals surface area contributed by atoms with Crippen molar-refractivity contribution in [2.45, 2.75) is 30.7 Å². The summed E-state index contributed by atoms with van der Waals surface area (Å²) in [6.07, 6.45) is 3.75. The molecule has 0 saturated heterocycles. The number of aryl methyl sites for hydroxylation is 1. The third-order valence-corrected chi connectivity index (χ3v) is 6.88. The molecule has 1 heterocycles. The van der Waals surface area contributed by atoms with Crippen LogP contribution in [0.3, 0.4) is 0 Å². The maximum atomic E-state index is 13.7. The van der Waals surface area contributed by atoms with Crippen molar-refractivity contribution < 1.29 is 14.4 Å². The molecule has 7 nitrogen and oxygen atoms in total. The molecule has 4 rings (SSSR count). The molecule has 0 spiro atoms. The lowest BCUT2D eigenvalue weighted by atomic mass is 10.0. The van der Waals surface area contributed by atoms with Gasteiger partial charge in [-0.25, -0.2) is 4.79 Å². The summed E-state index contributed by atoms with van der Waals surface area (Å²) in [4.78, 5) is 43.8. The molecule has 8 heteroatoms. The molecule has 1 aliphatic heterocycles. The minimum absolute atomic E-state index is 0.155. The van der Waals surface area contributed by atoms with Crippen LogP contribution in [0.5, 0.6) is 0 Å². The number of rotatable bonds is 7. The molecule has 186 valence electrons. The van der Waals surface area contributed by atoms with E-state index in [4.69, 9.17) is 0 Å². The maximum absolute atomic E-state index is 13.7. The standard InChI is InChI=1S/C28H30N4O3S/c1-20(27(34)31-17-9-11-21-10-6-7-16-25(21)31)32(23-13-4-3-5-14-23)26(33)19-29-28(35)30-22-12-8-15-24(18-22)36-2/h3-8,10,12-16,18,20H,9,11,17,19H2,1-2H3,(H2,29,30,35). The molecule has 0 fully saturated rings. The van der Waals surface area contributed by atoms with Crippen LogP contribution in [0.15, 0.2) is 83.8 Å². The first-order chi connectivity index (χ1) is 17.5. The van der Waals surface area contributed by atoms with Crippen LogP contribution in [-0.4, -0.2) is 43.2 Å².